The van der Waals surface area contributed by atoms with Gasteiger partial charge in [-0.2, -0.15) is 5.10 Å². The molecule has 0 saturated heterocycles. The third kappa shape index (κ3) is 3.20. The number of carbonyl (C=O) groups excluding carboxylic acids is 2. The van der Waals surface area contributed by atoms with Crippen molar-refractivity contribution in [3.8, 4) is 0 Å². The average molecular weight is 240 g/mol. The molecule has 1 aromatic rings. The maximum absolute atomic E-state index is 12.0. The van der Waals surface area contributed by atoms with Crippen LogP contribution in [0.2, 0.25) is 0 Å². The fourth-order valence-corrected chi connectivity index (χ4v) is 1.31. The topological polar surface area (TPSA) is 101 Å². The standard InChI is InChI=1S/C10H16N4O3/c1-3-14(6-8(15)17-4-2)10(16)9-7(11)5-12-13-9/h5H,3-4,6,11H2,1-2H3,(H,12,13). The normalized spacial score (nSPS) is 10.0. The van der Waals surface area contributed by atoms with Gasteiger partial charge >= 0.3 is 5.97 Å². The zero-order chi connectivity index (χ0) is 12.8. The van der Waals surface area contributed by atoms with E-state index in [9.17, 15) is 9.59 Å². The van der Waals surface area contributed by atoms with E-state index in [0.29, 0.717) is 6.54 Å². The number of esters is 1. The molecule has 0 radical (unpaired) electrons. The molecule has 0 atom stereocenters. The predicted octanol–water partition coefficient (Wildman–Crippen LogP) is 0.0171. The van der Waals surface area contributed by atoms with E-state index >= 15 is 0 Å². The van der Waals surface area contributed by atoms with Crippen LogP contribution in [-0.4, -0.2) is 46.7 Å². The number of likely N-dealkylation sites (N-methyl/N-ethyl adjacent to an activating group) is 1. The lowest BCUT2D eigenvalue weighted by molar-refractivity contribution is -0.143. The number of aromatic amines is 1. The lowest BCUT2D eigenvalue weighted by Gasteiger charge is -2.18. The number of aromatic nitrogens is 2. The molecule has 0 aliphatic heterocycles. The molecule has 0 aromatic carbocycles. The minimum atomic E-state index is -0.444. The summed E-state index contributed by atoms with van der Waals surface area (Å²) in [6.45, 7) is 4.06. The molecule has 7 nitrogen and oxygen atoms in total. The van der Waals surface area contributed by atoms with Gasteiger partial charge in [0.2, 0.25) is 0 Å². The Balaban J connectivity index is 2.71. The van der Waals surface area contributed by atoms with Crippen LogP contribution in [-0.2, 0) is 9.53 Å². The molecule has 0 spiro atoms. The largest absolute Gasteiger partial charge is 0.465 e. The quantitative estimate of drug-likeness (QED) is 0.706. The van der Waals surface area contributed by atoms with Crippen molar-refractivity contribution >= 4 is 17.6 Å². The fraction of sp³-hybridized carbons (Fsp3) is 0.500. The van der Waals surface area contributed by atoms with Crippen molar-refractivity contribution in [2.45, 2.75) is 13.8 Å². The molecule has 3 N–H and O–H groups in total. The van der Waals surface area contributed by atoms with Gasteiger partial charge in [-0.1, -0.05) is 0 Å². The van der Waals surface area contributed by atoms with Crippen molar-refractivity contribution in [3.05, 3.63) is 11.9 Å². The number of hydrogen-bond donors (Lipinski definition) is 2. The molecule has 0 aliphatic rings. The lowest BCUT2D eigenvalue weighted by atomic mass is 10.3. The number of hydrogen-bond acceptors (Lipinski definition) is 5. The number of ether oxygens (including phenoxy) is 1. The monoisotopic (exact) mass is 240 g/mol. The highest BCUT2D eigenvalue weighted by Crippen LogP contribution is 2.09. The van der Waals surface area contributed by atoms with E-state index in [0.717, 1.165) is 0 Å². The maximum Gasteiger partial charge on any atom is 0.325 e. The zero-order valence-corrected chi connectivity index (χ0v) is 9.90. The van der Waals surface area contributed by atoms with Crippen LogP contribution in [0.3, 0.4) is 0 Å². The van der Waals surface area contributed by atoms with Crippen molar-refractivity contribution in [3.63, 3.8) is 0 Å². The van der Waals surface area contributed by atoms with E-state index in [1.165, 1.54) is 11.1 Å². The molecule has 1 amide bonds. The average Bonchev–Trinajstić information content (AvgIpc) is 2.72. The van der Waals surface area contributed by atoms with Crippen molar-refractivity contribution < 1.29 is 14.3 Å². The first kappa shape index (κ1) is 13.0. The van der Waals surface area contributed by atoms with E-state index in [1.54, 1.807) is 13.8 Å². The molecule has 1 aromatic heterocycles. The molecule has 1 rings (SSSR count). The number of rotatable bonds is 5. The number of nitrogen functional groups attached to an aromatic ring is 1. The van der Waals surface area contributed by atoms with E-state index in [-0.39, 0.29) is 30.4 Å². The van der Waals surface area contributed by atoms with Gasteiger partial charge in [-0.25, -0.2) is 0 Å². The Kier molecular flexibility index (Phi) is 4.50. The number of amides is 1. The first-order valence-corrected chi connectivity index (χ1v) is 5.33. The molecule has 0 aliphatic carbocycles. The summed E-state index contributed by atoms with van der Waals surface area (Å²) in [5, 5.41) is 6.17. The van der Waals surface area contributed by atoms with Gasteiger partial charge < -0.3 is 15.4 Å². The van der Waals surface area contributed by atoms with E-state index in [4.69, 9.17) is 10.5 Å². The summed E-state index contributed by atoms with van der Waals surface area (Å²) in [5.41, 5.74) is 6.02. The molecule has 0 fully saturated rings. The van der Waals surface area contributed by atoms with Gasteiger partial charge in [0.15, 0.2) is 0 Å². The number of nitrogens with two attached hydrogens (primary N) is 1. The summed E-state index contributed by atoms with van der Waals surface area (Å²) < 4.78 is 4.78. The third-order valence-electron chi connectivity index (χ3n) is 2.18. The van der Waals surface area contributed by atoms with Gasteiger partial charge in [-0.05, 0) is 13.8 Å². The smallest absolute Gasteiger partial charge is 0.325 e. The summed E-state index contributed by atoms with van der Waals surface area (Å²) >= 11 is 0. The molecule has 94 valence electrons. The minimum absolute atomic E-state index is 0.0956. The van der Waals surface area contributed by atoms with E-state index in [1.807, 2.05) is 0 Å². The SMILES string of the molecule is CCOC(=O)CN(CC)C(=O)c1[nH]ncc1N. The summed E-state index contributed by atoms with van der Waals surface area (Å²) in [4.78, 5) is 24.6. The van der Waals surface area contributed by atoms with E-state index in [2.05, 4.69) is 10.2 Å². The highest BCUT2D eigenvalue weighted by atomic mass is 16.5. The summed E-state index contributed by atoms with van der Waals surface area (Å²) in [7, 11) is 0. The molecule has 0 bridgehead atoms. The van der Waals surface area contributed by atoms with Crippen LogP contribution >= 0.6 is 0 Å². The summed E-state index contributed by atoms with van der Waals surface area (Å²) in [6, 6.07) is 0. The number of anilines is 1. The molecule has 7 heteroatoms. The summed E-state index contributed by atoms with van der Waals surface area (Å²) in [6.07, 6.45) is 1.35. The van der Waals surface area contributed by atoms with Crippen LogP contribution in [0.15, 0.2) is 6.20 Å². The highest BCUT2D eigenvalue weighted by Gasteiger charge is 2.21. The first-order chi connectivity index (χ1) is 8.10. The molecule has 1 heterocycles. The van der Waals surface area contributed by atoms with Crippen LogP contribution in [0.1, 0.15) is 24.3 Å². The fourth-order valence-electron chi connectivity index (χ4n) is 1.31. The maximum atomic E-state index is 12.0. The van der Waals surface area contributed by atoms with Gasteiger partial charge in [0, 0.05) is 6.54 Å². The molecule has 17 heavy (non-hydrogen) atoms. The Bertz CT molecular complexity index is 402. The van der Waals surface area contributed by atoms with Crippen molar-refractivity contribution in [1.82, 2.24) is 15.1 Å². The van der Waals surface area contributed by atoms with Crippen LogP contribution in [0, 0.1) is 0 Å². The second-order valence-corrected chi connectivity index (χ2v) is 3.32. The number of nitrogens with zero attached hydrogens (tertiary/aromatic N) is 2. The first-order valence-electron chi connectivity index (χ1n) is 5.33. The second-order valence-electron chi connectivity index (χ2n) is 3.32. The van der Waals surface area contributed by atoms with Gasteiger partial charge in [0.05, 0.1) is 18.5 Å². The van der Waals surface area contributed by atoms with Crippen LogP contribution in [0.25, 0.3) is 0 Å². The molecular formula is C10H16N4O3. The number of H-pyrrole nitrogens is 1. The Morgan fingerprint density at radius 2 is 2.24 bits per heavy atom. The van der Waals surface area contributed by atoms with Crippen LogP contribution in [0.4, 0.5) is 5.69 Å². The number of carbonyl (C=O) groups is 2. The van der Waals surface area contributed by atoms with Gasteiger partial charge in [0.25, 0.3) is 5.91 Å². The van der Waals surface area contributed by atoms with E-state index < -0.39 is 5.97 Å². The van der Waals surface area contributed by atoms with Gasteiger partial charge in [-0.3, -0.25) is 14.7 Å². The Morgan fingerprint density at radius 1 is 1.53 bits per heavy atom. The predicted molar refractivity (Wildman–Crippen MR) is 61.2 cm³/mol. The van der Waals surface area contributed by atoms with Crippen molar-refractivity contribution in [1.29, 1.82) is 0 Å². The van der Waals surface area contributed by atoms with Crippen molar-refractivity contribution in [2.75, 3.05) is 25.4 Å². The zero-order valence-electron chi connectivity index (χ0n) is 9.90. The molecular weight excluding hydrogens is 224 g/mol. The Morgan fingerprint density at radius 3 is 2.71 bits per heavy atom. The number of nitrogens with one attached hydrogen (secondary N) is 1. The lowest BCUT2D eigenvalue weighted by Crippen LogP contribution is -2.36. The van der Waals surface area contributed by atoms with Crippen LogP contribution < -0.4 is 5.73 Å². The second kappa shape index (κ2) is 5.88. The Labute approximate surface area is 98.9 Å². The third-order valence-corrected chi connectivity index (χ3v) is 2.18. The molecule has 0 unspecified atom stereocenters. The Hall–Kier alpha value is -2.05. The summed E-state index contributed by atoms with van der Waals surface area (Å²) in [5.74, 6) is -0.809. The minimum Gasteiger partial charge on any atom is -0.465 e. The van der Waals surface area contributed by atoms with Gasteiger partial charge in [0.1, 0.15) is 12.2 Å². The van der Waals surface area contributed by atoms with Crippen LogP contribution in [0.5, 0.6) is 0 Å². The highest BCUT2D eigenvalue weighted by molar-refractivity contribution is 5.98. The molecule has 0 saturated carbocycles. The van der Waals surface area contributed by atoms with Gasteiger partial charge in [-0.15, -0.1) is 0 Å². The van der Waals surface area contributed by atoms with Crippen molar-refractivity contribution in [2.24, 2.45) is 0 Å².